The monoisotopic (exact) mass is 334 g/mol. The van der Waals surface area contributed by atoms with E-state index in [0.717, 1.165) is 5.39 Å². The molecule has 0 bridgehead atoms. The molecule has 0 aliphatic rings. The predicted molar refractivity (Wildman–Crippen MR) is 93.3 cm³/mol. The Morgan fingerprint density at radius 3 is 2.84 bits per heavy atom. The van der Waals surface area contributed by atoms with Crippen LogP contribution in [0.4, 0.5) is 0 Å². The maximum Gasteiger partial charge on any atom is 0.336 e. The minimum absolute atomic E-state index is 0.277. The van der Waals surface area contributed by atoms with Gasteiger partial charge in [-0.3, -0.25) is 4.79 Å². The predicted octanol–water partition coefficient (Wildman–Crippen LogP) is 2.40. The van der Waals surface area contributed by atoms with Crippen LogP contribution in [0.1, 0.15) is 11.1 Å². The second-order valence-electron chi connectivity index (χ2n) is 5.67. The molecular weight excluding hydrogens is 320 g/mol. The van der Waals surface area contributed by atoms with E-state index in [4.69, 9.17) is 9.15 Å². The van der Waals surface area contributed by atoms with Crippen molar-refractivity contribution in [2.75, 3.05) is 7.11 Å². The lowest BCUT2D eigenvalue weighted by Crippen LogP contribution is -2.16. The summed E-state index contributed by atoms with van der Waals surface area (Å²) >= 11 is 0. The Bertz CT molecular complexity index is 1210. The summed E-state index contributed by atoms with van der Waals surface area (Å²) < 4.78 is 12.3. The number of hydrogen-bond donors (Lipinski definition) is 0. The van der Waals surface area contributed by atoms with E-state index >= 15 is 0 Å². The number of methoxy groups -OCH3 is 1. The van der Waals surface area contributed by atoms with Gasteiger partial charge in [-0.1, -0.05) is 6.07 Å². The first kappa shape index (κ1) is 15.1. The lowest BCUT2D eigenvalue weighted by atomic mass is 10.0. The SMILES string of the molecule is COc1ccc2oc(=O)cc(Cc3cn4ccccc4nc3=O)c2c1. The van der Waals surface area contributed by atoms with Gasteiger partial charge in [-0.2, -0.15) is 4.98 Å². The first-order chi connectivity index (χ1) is 12.1. The molecule has 0 N–H and O–H groups in total. The Morgan fingerprint density at radius 2 is 2.00 bits per heavy atom. The fourth-order valence-electron chi connectivity index (χ4n) is 2.86. The van der Waals surface area contributed by atoms with E-state index in [0.29, 0.717) is 28.1 Å². The number of hydrogen-bond acceptors (Lipinski definition) is 5. The highest BCUT2D eigenvalue weighted by atomic mass is 16.5. The van der Waals surface area contributed by atoms with Crippen molar-refractivity contribution in [3.05, 3.63) is 86.8 Å². The molecule has 0 spiro atoms. The van der Waals surface area contributed by atoms with Crippen LogP contribution < -0.4 is 15.9 Å². The van der Waals surface area contributed by atoms with Crippen molar-refractivity contribution in [2.24, 2.45) is 0 Å². The number of pyridine rings is 1. The summed E-state index contributed by atoms with van der Waals surface area (Å²) in [7, 11) is 1.57. The van der Waals surface area contributed by atoms with Gasteiger partial charge in [0.1, 0.15) is 17.0 Å². The number of nitrogens with zero attached hydrogens (tertiary/aromatic N) is 2. The Hall–Kier alpha value is -3.41. The van der Waals surface area contributed by atoms with Crippen molar-refractivity contribution in [2.45, 2.75) is 6.42 Å². The molecular formula is C19H14N2O4. The summed E-state index contributed by atoms with van der Waals surface area (Å²) in [6.45, 7) is 0. The fraction of sp³-hybridized carbons (Fsp3) is 0.105. The Labute approximate surface area is 141 Å². The first-order valence-electron chi connectivity index (χ1n) is 7.72. The summed E-state index contributed by atoms with van der Waals surface area (Å²) in [4.78, 5) is 28.3. The highest BCUT2D eigenvalue weighted by Crippen LogP contribution is 2.24. The molecule has 0 radical (unpaired) electrons. The molecule has 4 rings (SSSR count). The van der Waals surface area contributed by atoms with Crippen molar-refractivity contribution in [1.82, 2.24) is 9.38 Å². The van der Waals surface area contributed by atoms with Gasteiger partial charge in [-0.15, -0.1) is 0 Å². The molecule has 0 fully saturated rings. The van der Waals surface area contributed by atoms with Crippen LogP contribution in [0, 0.1) is 0 Å². The Morgan fingerprint density at radius 1 is 1.12 bits per heavy atom. The van der Waals surface area contributed by atoms with E-state index in [1.165, 1.54) is 6.07 Å². The van der Waals surface area contributed by atoms with Crippen molar-refractivity contribution >= 4 is 16.6 Å². The molecule has 6 heteroatoms. The largest absolute Gasteiger partial charge is 0.497 e. The van der Waals surface area contributed by atoms with Crippen LogP contribution in [0.15, 0.2) is 68.9 Å². The third kappa shape index (κ3) is 2.78. The van der Waals surface area contributed by atoms with Gasteiger partial charge in [0.05, 0.1) is 7.11 Å². The maximum absolute atomic E-state index is 12.3. The molecule has 3 heterocycles. The van der Waals surface area contributed by atoms with Crippen molar-refractivity contribution in [3.63, 3.8) is 0 Å². The lowest BCUT2D eigenvalue weighted by Gasteiger charge is -2.08. The van der Waals surface area contributed by atoms with Crippen LogP contribution in [0.2, 0.25) is 0 Å². The zero-order valence-electron chi connectivity index (χ0n) is 13.4. The van der Waals surface area contributed by atoms with E-state index in [1.807, 2.05) is 18.3 Å². The molecule has 0 saturated carbocycles. The average Bonchev–Trinajstić information content (AvgIpc) is 2.62. The summed E-state index contributed by atoms with van der Waals surface area (Å²) in [5.74, 6) is 0.649. The molecule has 25 heavy (non-hydrogen) atoms. The van der Waals surface area contributed by atoms with E-state index in [-0.39, 0.29) is 12.0 Å². The lowest BCUT2D eigenvalue weighted by molar-refractivity contribution is 0.415. The van der Waals surface area contributed by atoms with Crippen LogP contribution >= 0.6 is 0 Å². The van der Waals surface area contributed by atoms with E-state index < -0.39 is 5.63 Å². The molecule has 0 aliphatic heterocycles. The van der Waals surface area contributed by atoms with E-state index in [2.05, 4.69) is 4.98 Å². The quantitative estimate of drug-likeness (QED) is 0.538. The Balaban J connectivity index is 1.89. The summed E-state index contributed by atoms with van der Waals surface area (Å²) in [5.41, 5.74) is 1.46. The first-order valence-corrected chi connectivity index (χ1v) is 7.72. The van der Waals surface area contributed by atoms with Gasteiger partial charge in [0.25, 0.3) is 5.56 Å². The molecule has 124 valence electrons. The molecule has 1 aromatic carbocycles. The summed E-state index contributed by atoms with van der Waals surface area (Å²) in [6, 6.07) is 12.1. The second-order valence-corrected chi connectivity index (χ2v) is 5.67. The molecule has 0 unspecified atom stereocenters. The number of benzene rings is 1. The topological polar surface area (TPSA) is 73.8 Å². The van der Waals surface area contributed by atoms with Crippen LogP contribution in [-0.4, -0.2) is 16.5 Å². The third-order valence-electron chi connectivity index (χ3n) is 4.07. The molecule has 6 nitrogen and oxygen atoms in total. The van der Waals surface area contributed by atoms with Crippen molar-refractivity contribution in [3.8, 4) is 5.75 Å². The normalized spacial score (nSPS) is 11.1. The zero-order chi connectivity index (χ0) is 17.4. The molecule has 3 aromatic heterocycles. The highest BCUT2D eigenvalue weighted by Gasteiger charge is 2.11. The molecule has 4 aromatic rings. The molecule has 0 saturated heterocycles. The standard InChI is InChI=1S/C19H14N2O4/c1-24-14-5-6-16-15(10-14)12(9-18(22)25-16)8-13-11-21-7-3-2-4-17(21)20-19(13)23/h2-7,9-11H,8H2,1H3. The summed E-state index contributed by atoms with van der Waals surface area (Å²) in [6.07, 6.45) is 3.84. The van der Waals surface area contributed by atoms with Gasteiger partial charge in [0.2, 0.25) is 0 Å². The van der Waals surface area contributed by atoms with Crippen LogP contribution in [0.3, 0.4) is 0 Å². The van der Waals surface area contributed by atoms with Gasteiger partial charge in [0, 0.05) is 35.8 Å². The van der Waals surface area contributed by atoms with E-state index in [9.17, 15) is 9.59 Å². The minimum Gasteiger partial charge on any atom is -0.497 e. The number of ether oxygens (including phenoxy) is 1. The molecule has 0 aliphatic carbocycles. The Kier molecular flexibility index (Phi) is 3.57. The van der Waals surface area contributed by atoms with E-state index in [1.54, 1.807) is 42.0 Å². The number of rotatable bonds is 3. The zero-order valence-corrected chi connectivity index (χ0v) is 13.4. The smallest absolute Gasteiger partial charge is 0.336 e. The average molecular weight is 334 g/mol. The molecule has 0 amide bonds. The van der Waals surface area contributed by atoms with Crippen LogP contribution in [-0.2, 0) is 6.42 Å². The van der Waals surface area contributed by atoms with Crippen molar-refractivity contribution < 1.29 is 9.15 Å². The van der Waals surface area contributed by atoms with Gasteiger partial charge < -0.3 is 13.6 Å². The van der Waals surface area contributed by atoms with Crippen LogP contribution in [0.5, 0.6) is 5.75 Å². The third-order valence-corrected chi connectivity index (χ3v) is 4.07. The minimum atomic E-state index is -0.457. The van der Waals surface area contributed by atoms with Crippen molar-refractivity contribution in [1.29, 1.82) is 0 Å². The maximum atomic E-state index is 12.3. The van der Waals surface area contributed by atoms with Gasteiger partial charge in [-0.25, -0.2) is 4.79 Å². The van der Waals surface area contributed by atoms with Gasteiger partial charge in [0.15, 0.2) is 0 Å². The second kappa shape index (κ2) is 5.90. The fourth-order valence-corrected chi connectivity index (χ4v) is 2.86. The number of fused-ring (bicyclic) bond motifs is 2. The van der Waals surface area contributed by atoms with Gasteiger partial charge in [-0.05, 0) is 35.9 Å². The highest BCUT2D eigenvalue weighted by molar-refractivity contribution is 5.82. The van der Waals surface area contributed by atoms with Crippen LogP contribution in [0.25, 0.3) is 16.6 Å². The molecule has 0 atom stereocenters. The summed E-state index contributed by atoms with van der Waals surface area (Å²) in [5, 5.41) is 0.733. The van der Waals surface area contributed by atoms with Gasteiger partial charge >= 0.3 is 5.63 Å². The number of aromatic nitrogens is 2.